The van der Waals surface area contributed by atoms with Crippen molar-refractivity contribution in [2.45, 2.75) is 245 Å². The second-order valence-electron chi connectivity index (χ2n) is 15.5. The van der Waals surface area contributed by atoms with Gasteiger partial charge in [-0.2, -0.15) is 0 Å². The van der Waals surface area contributed by atoms with Gasteiger partial charge in [0, 0.05) is 19.4 Å². The normalized spacial score (nSPS) is 11.6. The van der Waals surface area contributed by atoms with Crippen LogP contribution < -0.4 is 0 Å². The summed E-state index contributed by atoms with van der Waals surface area (Å²) in [5, 5.41) is 9.54. The van der Waals surface area contributed by atoms with Gasteiger partial charge in [0.15, 0.2) is 0 Å². The number of aliphatic hydroxyl groups excluding tert-OH is 1. The zero-order valence-electron chi connectivity index (χ0n) is 34.7. The molecule has 0 atom stereocenters. The Morgan fingerprint density at radius 2 is 0.824 bits per heavy atom. The van der Waals surface area contributed by atoms with Crippen molar-refractivity contribution in [3.05, 3.63) is 0 Å². The number of rotatable bonds is 42. The average Bonchev–Trinajstić information content (AvgIpc) is 3.12. The number of ether oxygens (including phenoxy) is 2. The summed E-state index contributed by atoms with van der Waals surface area (Å²) in [6, 6.07) is 0. The van der Waals surface area contributed by atoms with Crippen LogP contribution in [-0.4, -0.2) is 60.9 Å². The SMILES string of the molecule is CCCCCCCCCOC(=O)CCCCCCCN(CCO)CCCCCCCCC(=O)OC(CCCCCCCC)CCCCCCCC. The first-order valence-corrected chi connectivity index (χ1v) is 22.8. The van der Waals surface area contributed by atoms with Gasteiger partial charge in [-0.1, -0.05) is 168 Å². The molecule has 0 heterocycles. The molecule has 304 valence electrons. The maximum Gasteiger partial charge on any atom is 0.306 e. The monoisotopic (exact) mass is 724 g/mol. The summed E-state index contributed by atoms with van der Waals surface area (Å²) < 4.78 is 11.4. The van der Waals surface area contributed by atoms with E-state index in [-0.39, 0.29) is 24.6 Å². The van der Waals surface area contributed by atoms with Gasteiger partial charge in [-0.25, -0.2) is 0 Å². The van der Waals surface area contributed by atoms with E-state index < -0.39 is 0 Å². The molecule has 6 heteroatoms. The molecule has 0 bridgehead atoms. The van der Waals surface area contributed by atoms with Crippen LogP contribution in [0.2, 0.25) is 0 Å². The average molecular weight is 724 g/mol. The molecule has 6 nitrogen and oxygen atoms in total. The fraction of sp³-hybridized carbons (Fsp3) is 0.956. The van der Waals surface area contributed by atoms with Gasteiger partial charge >= 0.3 is 11.9 Å². The molecule has 0 aromatic rings. The molecule has 51 heavy (non-hydrogen) atoms. The molecule has 0 aliphatic rings. The Bertz CT molecular complexity index is 701. The molecule has 0 rings (SSSR count). The first-order valence-electron chi connectivity index (χ1n) is 22.8. The Hall–Kier alpha value is -1.14. The molecule has 0 saturated carbocycles. The lowest BCUT2D eigenvalue weighted by atomic mass is 10.0. The summed E-state index contributed by atoms with van der Waals surface area (Å²) in [4.78, 5) is 27.1. The second-order valence-corrected chi connectivity index (χ2v) is 15.5. The lowest BCUT2D eigenvalue weighted by Gasteiger charge is -2.21. The van der Waals surface area contributed by atoms with E-state index in [2.05, 4.69) is 25.7 Å². The van der Waals surface area contributed by atoms with E-state index in [4.69, 9.17) is 9.47 Å². The van der Waals surface area contributed by atoms with Gasteiger partial charge < -0.3 is 19.5 Å². The Morgan fingerprint density at radius 1 is 0.451 bits per heavy atom. The molecule has 0 saturated heterocycles. The highest BCUT2D eigenvalue weighted by Gasteiger charge is 2.14. The van der Waals surface area contributed by atoms with E-state index in [1.165, 1.54) is 148 Å². The van der Waals surface area contributed by atoms with E-state index in [0.29, 0.717) is 19.4 Å². The Balaban J connectivity index is 3.91. The molecule has 0 amide bonds. The third kappa shape index (κ3) is 38.4. The standard InChI is InChI=1S/C45H89NO5/c1-4-7-10-13-18-26-33-42-50-44(48)36-29-23-19-25-32-39-46(40-41-47)38-31-24-17-16-22-30-37-45(49)51-43(34-27-20-14-11-8-5-2)35-28-21-15-12-9-6-3/h43,47H,4-42H2,1-3H3. The first kappa shape index (κ1) is 49.9. The molecule has 0 spiro atoms. The highest BCUT2D eigenvalue weighted by molar-refractivity contribution is 5.69. The molecule has 0 unspecified atom stereocenters. The van der Waals surface area contributed by atoms with Gasteiger partial charge in [-0.05, 0) is 70.9 Å². The van der Waals surface area contributed by atoms with E-state index in [1.54, 1.807) is 0 Å². The first-order chi connectivity index (χ1) is 25.1. The number of nitrogens with zero attached hydrogens (tertiary/aromatic N) is 1. The topological polar surface area (TPSA) is 76.1 Å². The molecular formula is C45H89NO5. The van der Waals surface area contributed by atoms with Crippen molar-refractivity contribution in [2.24, 2.45) is 0 Å². The van der Waals surface area contributed by atoms with Crippen molar-refractivity contribution in [1.29, 1.82) is 0 Å². The van der Waals surface area contributed by atoms with Gasteiger partial charge in [-0.3, -0.25) is 9.59 Å². The fourth-order valence-corrected chi connectivity index (χ4v) is 7.05. The number of carbonyl (C=O) groups is 2. The molecule has 0 aliphatic heterocycles. The highest BCUT2D eigenvalue weighted by Crippen LogP contribution is 2.18. The van der Waals surface area contributed by atoms with Crippen LogP contribution in [-0.2, 0) is 19.1 Å². The number of esters is 2. The summed E-state index contributed by atoms with van der Waals surface area (Å²) >= 11 is 0. The lowest BCUT2D eigenvalue weighted by molar-refractivity contribution is -0.150. The number of aliphatic hydroxyl groups is 1. The summed E-state index contributed by atoms with van der Waals surface area (Å²) in [5.41, 5.74) is 0. The third-order valence-corrected chi connectivity index (χ3v) is 10.4. The van der Waals surface area contributed by atoms with Crippen molar-refractivity contribution >= 4 is 11.9 Å². The minimum atomic E-state index is -0.0288. The lowest BCUT2D eigenvalue weighted by Crippen LogP contribution is -2.29. The second kappa shape index (κ2) is 41.6. The van der Waals surface area contributed by atoms with Crippen LogP contribution in [0, 0.1) is 0 Å². The maximum atomic E-state index is 12.7. The van der Waals surface area contributed by atoms with Crippen molar-refractivity contribution in [3.8, 4) is 0 Å². The zero-order valence-corrected chi connectivity index (χ0v) is 34.7. The molecule has 1 N–H and O–H groups in total. The van der Waals surface area contributed by atoms with Crippen molar-refractivity contribution in [2.75, 3.05) is 32.8 Å². The zero-order chi connectivity index (χ0) is 37.3. The molecule has 0 aromatic heterocycles. The third-order valence-electron chi connectivity index (χ3n) is 10.4. The predicted octanol–water partition coefficient (Wildman–Crippen LogP) is 13.1. The van der Waals surface area contributed by atoms with Crippen LogP contribution in [0.3, 0.4) is 0 Å². The number of hydrogen-bond acceptors (Lipinski definition) is 6. The van der Waals surface area contributed by atoms with Gasteiger partial charge in [0.1, 0.15) is 6.10 Å². The van der Waals surface area contributed by atoms with Crippen LogP contribution in [0.1, 0.15) is 239 Å². The molecular weight excluding hydrogens is 634 g/mol. The van der Waals surface area contributed by atoms with E-state index in [1.807, 2.05) is 0 Å². The van der Waals surface area contributed by atoms with Gasteiger partial charge in [0.05, 0.1) is 13.2 Å². The maximum absolute atomic E-state index is 12.7. The van der Waals surface area contributed by atoms with Gasteiger partial charge in [-0.15, -0.1) is 0 Å². The molecule has 0 fully saturated rings. The number of hydrogen-bond donors (Lipinski definition) is 1. The highest BCUT2D eigenvalue weighted by atomic mass is 16.5. The van der Waals surface area contributed by atoms with Crippen LogP contribution in [0.25, 0.3) is 0 Å². The van der Waals surface area contributed by atoms with Crippen molar-refractivity contribution in [1.82, 2.24) is 4.90 Å². The molecule has 0 aliphatic carbocycles. The number of carbonyl (C=O) groups excluding carboxylic acids is 2. The van der Waals surface area contributed by atoms with Gasteiger partial charge in [0.25, 0.3) is 0 Å². The Kier molecular flexibility index (Phi) is 40.7. The summed E-state index contributed by atoms with van der Waals surface area (Å²) in [6.07, 6.45) is 39.7. The summed E-state index contributed by atoms with van der Waals surface area (Å²) in [6.45, 7) is 10.4. The van der Waals surface area contributed by atoms with Crippen LogP contribution >= 0.6 is 0 Å². The van der Waals surface area contributed by atoms with Crippen LogP contribution in [0.15, 0.2) is 0 Å². The quantitative estimate of drug-likeness (QED) is 0.0499. The fourth-order valence-electron chi connectivity index (χ4n) is 7.05. The molecule has 0 aromatic carbocycles. The number of unbranched alkanes of at least 4 members (excludes halogenated alkanes) is 25. The predicted molar refractivity (Wildman–Crippen MR) is 218 cm³/mol. The Morgan fingerprint density at radius 3 is 1.27 bits per heavy atom. The summed E-state index contributed by atoms with van der Waals surface area (Å²) in [7, 11) is 0. The van der Waals surface area contributed by atoms with Crippen molar-refractivity contribution in [3.63, 3.8) is 0 Å². The molecule has 0 radical (unpaired) electrons. The van der Waals surface area contributed by atoms with E-state index >= 15 is 0 Å². The summed E-state index contributed by atoms with van der Waals surface area (Å²) in [5.74, 6) is -0.00730. The van der Waals surface area contributed by atoms with Crippen LogP contribution in [0.5, 0.6) is 0 Å². The minimum Gasteiger partial charge on any atom is -0.466 e. The van der Waals surface area contributed by atoms with E-state index in [9.17, 15) is 14.7 Å². The van der Waals surface area contributed by atoms with E-state index in [0.717, 1.165) is 77.4 Å². The van der Waals surface area contributed by atoms with Crippen LogP contribution in [0.4, 0.5) is 0 Å². The minimum absolute atomic E-state index is 0.0215. The van der Waals surface area contributed by atoms with Crippen molar-refractivity contribution < 1.29 is 24.2 Å². The Labute approximate surface area is 318 Å². The van der Waals surface area contributed by atoms with Gasteiger partial charge in [0.2, 0.25) is 0 Å². The smallest absolute Gasteiger partial charge is 0.306 e. The largest absolute Gasteiger partial charge is 0.466 e.